The number of sulfone groups is 1. The smallest absolute Gasteiger partial charge is 0.488 e. The molecule has 0 saturated carbocycles. The van der Waals surface area contributed by atoms with Crippen LogP contribution in [0.5, 0.6) is 5.75 Å². The third-order valence-electron chi connectivity index (χ3n) is 2.59. The molecule has 0 atom stereocenters. The molecule has 0 aliphatic carbocycles. The minimum absolute atomic E-state index is 0.0205. The summed E-state index contributed by atoms with van der Waals surface area (Å²) in [6.07, 6.45) is 0. The van der Waals surface area contributed by atoms with Crippen molar-refractivity contribution in [2.24, 2.45) is 0 Å². The van der Waals surface area contributed by atoms with Crippen LogP contribution in [0.1, 0.15) is 12.5 Å². The number of hydrogen-bond acceptors (Lipinski definition) is 5. The highest BCUT2D eigenvalue weighted by molar-refractivity contribution is 7.91. The van der Waals surface area contributed by atoms with Crippen LogP contribution in [0.3, 0.4) is 0 Å². The fourth-order valence-electron chi connectivity index (χ4n) is 1.42. The fraction of sp³-hybridized carbons (Fsp3) is 0.455. The molecular weight excluding hydrogens is 255 g/mol. The van der Waals surface area contributed by atoms with E-state index in [1.807, 2.05) is 0 Å². The van der Waals surface area contributed by atoms with E-state index in [-0.39, 0.29) is 18.1 Å². The normalized spacial score (nSPS) is 11.3. The number of aryl methyl sites for hydroxylation is 1. The van der Waals surface area contributed by atoms with Crippen molar-refractivity contribution >= 4 is 22.4 Å². The van der Waals surface area contributed by atoms with E-state index in [4.69, 9.17) is 14.8 Å². The van der Waals surface area contributed by atoms with Gasteiger partial charge >= 0.3 is 7.12 Å². The summed E-state index contributed by atoms with van der Waals surface area (Å²) in [4.78, 5) is 0. The van der Waals surface area contributed by atoms with Crippen molar-refractivity contribution < 1.29 is 23.2 Å². The Kier molecular flexibility index (Phi) is 5.19. The Hall–Kier alpha value is -1.05. The van der Waals surface area contributed by atoms with Crippen molar-refractivity contribution in [2.45, 2.75) is 13.8 Å². The van der Waals surface area contributed by atoms with E-state index in [0.717, 1.165) is 5.56 Å². The van der Waals surface area contributed by atoms with Crippen LogP contribution in [0.2, 0.25) is 0 Å². The molecule has 0 heterocycles. The largest absolute Gasteiger partial charge is 0.492 e. The molecule has 0 fully saturated rings. The Morgan fingerprint density at radius 1 is 1.33 bits per heavy atom. The summed E-state index contributed by atoms with van der Waals surface area (Å²) >= 11 is 0. The molecule has 18 heavy (non-hydrogen) atoms. The molecule has 0 aromatic heterocycles. The summed E-state index contributed by atoms with van der Waals surface area (Å²) in [6.45, 7) is 3.45. The second-order valence-electron chi connectivity index (χ2n) is 3.98. The lowest BCUT2D eigenvalue weighted by Gasteiger charge is -2.10. The summed E-state index contributed by atoms with van der Waals surface area (Å²) in [6, 6.07) is 4.72. The van der Waals surface area contributed by atoms with Gasteiger partial charge in [-0.15, -0.1) is 0 Å². The Morgan fingerprint density at radius 2 is 2.00 bits per heavy atom. The summed E-state index contributed by atoms with van der Waals surface area (Å²) in [5.41, 5.74) is 1.11. The lowest BCUT2D eigenvalue weighted by molar-refractivity contribution is 0.338. The maximum atomic E-state index is 11.3. The molecule has 0 unspecified atom stereocenters. The Balaban J connectivity index is 2.64. The van der Waals surface area contributed by atoms with Crippen LogP contribution in [0.25, 0.3) is 0 Å². The van der Waals surface area contributed by atoms with Crippen molar-refractivity contribution in [3.05, 3.63) is 23.8 Å². The molecule has 7 heteroatoms. The highest BCUT2D eigenvalue weighted by atomic mass is 32.2. The van der Waals surface area contributed by atoms with Crippen LogP contribution in [0.4, 0.5) is 0 Å². The number of ether oxygens (including phenoxy) is 1. The number of hydrogen-bond donors (Lipinski definition) is 2. The molecule has 0 amide bonds. The summed E-state index contributed by atoms with van der Waals surface area (Å²) in [7, 11) is -4.54. The lowest BCUT2D eigenvalue weighted by Crippen LogP contribution is -2.29. The summed E-state index contributed by atoms with van der Waals surface area (Å²) in [5.74, 6) is 0.629. The molecule has 100 valence electrons. The average molecular weight is 272 g/mol. The maximum absolute atomic E-state index is 11.3. The van der Waals surface area contributed by atoms with Gasteiger partial charge < -0.3 is 14.8 Å². The first-order valence-corrected chi connectivity index (χ1v) is 7.48. The fourth-order valence-corrected chi connectivity index (χ4v) is 2.04. The quantitative estimate of drug-likeness (QED) is 0.681. The lowest BCUT2D eigenvalue weighted by atomic mass is 9.79. The second kappa shape index (κ2) is 6.22. The average Bonchev–Trinajstić information content (AvgIpc) is 2.31. The van der Waals surface area contributed by atoms with Crippen LogP contribution in [0.15, 0.2) is 18.2 Å². The third-order valence-corrected chi connectivity index (χ3v) is 4.26. The zero-order chi connectivity index (χ0) is 13.8. The molecule has 0 spiro atoms. The molecule has 0 aliphatic heterocycles. The number of rotatable bonds is 6. The molecule has 5 nitrogen and oxygen atoms in total. The molecule has 0 saturated heterocycles. The van der Waals surface area contributed by atoms with Crippen molar-refractivity contribution in [1.29, 1.82) is 0 Å². The van der Waals surface area contributed by atoms with Gasteiger partial charge in [0.25, 0.3) is 0 Å². The predicted octanol–water partition coefficient (Wildman–Crippen LogP) is -0.512. The topological polar surface area (TPSA) is 83.8 Å². The van der Waals surface area contributed by atoms with Gasteiger partial charge in [-0.1, -0.05) is 19.1 Å². The maximum Gasteiger partial charge on any atom is 0.488 e. The van der Waals surface area contributed by atoms with Crippen molar-refractivity contribution in [1.82, 2.24) is 0 Å². The molecule has 0 radical (unpaired) electrons. The van der Waals surface area contributed by atoms with Crippen LogP contribution in [-0.2, 0) is 9.84 Å². The SMILES string of the molecule is CCS(=O)(=O)CCOc1ccc(B(O)O)cc1C. The highest BCUT2D eigenvalue weighted by Gasteiger charge is 2.13. The van der Waals surface area contributed by atoms with E-state index >= 15 is 0 Å². The molecule has 2 N–H and O–H groups in total. The first kappa shape index (κ1) is 15.0. The molecule has 0 aliphatic rings. The van der Waals surface area contributed by atoms with Gasteiger partial charge in [0.05, 0.1) is 5.75 Å². The van der Waals surface area contributed by atoms with E-state index in [9.17, 15) is 8.42 Å². The zero-order valence-corrected chi connectivity index (χ0v) is 11.3. The van der Waals surface area contributed by atoms with Crippen LogP contribution < -0.4 is 10.2 Å². The van der Waals surface area contributed by atoms with E-state index in [0.29, 0.717) is 11.2 Å². The van der Waals surface area contributed by atoms with E-state index < -0.39 is 17.0 Å². The van der Waals surface area contributed by atoms with E-state index in [1.54, 1.807) is 26.0 Å². The Bertz CT molecular complexity index is 498. The Morgan fingerprint density at radius 3 is 2.50 bits per heavy atom. The van der Waals surface area contributed by atoms with Crippen LogP contribution >= 0.6 is 0 Å². The minimum atomic E-state index is -3.03. The first-order valence-electron chi connectivity index (χ1n) is 5.65. The zero-order valence-electron chi connectivity index (χ0n) is 10.5. The Labute approximate surface area is 107 Å². The van der Waals surface area contributed by atoms with Gasteiger partial charge in [0.2, 0.25) is 0 Å². The molecule has 0 bridgehead atoms. The molecule has 1 aromatic rings. The van der Waals surface area contributed by atoms with Crippen molar-refractivity contribution in [3.8, 4) is 5.75 Å². The minimum Gasteiger partial charge on any atom is -0.492 e. The van der Waals surface area contributed by atoms with E-state index in [2.05, 4.69) is 0 Å². The molecular formula is C11H17BO5S. The first-order chi connectivity index (χ1) is 8.35. The standard InChI is InChI=1S/C11H17BO5S/c1-3-18(15,16)7-6-17-11-5-4-10(12(13)14)8-9(11)2/h4-5,8,13-14H,3,6-7H2,1-2H3. The molecule has 1 rings (SSSR count). The monoisotopic (exact) mass is 272 g/mol. The van der Waals surface area contributed by atoms with Crippen LogP contribution in [0, 0.1) is 6.92 Å². The van der Waals surface area contributed by atoms with Gasteiger partial charge in [-0.25, -0.2) is 8.42 Å². The summed E-state index contributed by atoms with van der Waals surface area (Å²) in [5, 5.41) is 18.0. The van der Waals surface area contributed by atoms with Gasteiger partial charge in [-0.3, -0.25) is 0 Å². The van der Waals surface area contributed by atoms with Gasteiger partial charge in [0, 0.05) is 5.75 Å². The molecule has 1 aromatic carbocycles. The predicted molar refractivity (Wildman–Crippen MR) is 70.8 cm³/mol. The van der Waals surface area contributed by atoms with Crippen molar-refractivity contribution in [2.75, 3.05) is 18.1 Å². The van der Waals surface area contributed by atoms with E-state index in [1.165, 1.54) is 6.07 Å². The van der Waals surface area contributed by atoms with Crippen LogP contribution in [-0.4, -0.2) is 43.7 Å². The van der Waals surface area contributed by atoms with Crippen molar-refractivity contribution in [3.63, 3.8) is 0 Å². The highest BCUT2D eigenvalue weighted by Crippen LogP contribution is 2.15. The number of benzene rings is 1. The third kappa shape index (κ3) is 4.32. The van der Waals surface area contributed by atoms with Gasteiger partial charge in [-0.05, 0) is 24.0 Å². The second-order valence-corrected chi connectivity index (χ2v) is 6.46. The van der Waals surface area contributed by atoms with Gasteiger partial charge in [0.15, 0.2) is 9.84 Å². The van der Waals surface area contributed by atoms with Gasteiger partial charge in [0.1, 0.15) is 12.4 Å². The van der Waals surface area contributed by atoms with Gasteiger partial charge in [-0.2, -0.15) is 0 Å². The summed E-state index contributed by atoms with van der Waals surface area (Å²) < 4.78 is 27.9.